The summed E-state index contributed by atoms with van der Waals surface area (Å²) in [6.07, 6.45) is 0. The van der Waals surface area contributed by atoms with Crippen molar-refractivity contribution >= 4 is 40.2 Å². The largest absolute Gasteiger partial charge is 0.503 e. The van der Waals surface area contributed by atoms with Gasteiger partial charge in [0.25, 0.3) is 5.91 Å². The fourth-order valence-corrected chi connectivity index (χ4v) is 4.83. The summed E-state index contributed by atoms with van der Waals surface area (Å²) < 4.78 is 16.3. The fraction of sp³-hybridized carbons (Fsp3) is 0.321. The lowest BCUT2D eigenvalue weighted by molar-refractivity contribution is -0.132. The number of hydrogen-bond donors (Lipinski definition) is 1. The summed E-state index contributed by atoms with van der Waals surface area (Å²) in [6, 6.07) is 10.3. The van der Waals surface area contributed by atoms with Crippen LogP contribution in [0.2, 0.25) is 5.02 Å². The summed E-state index contributed by atoms with van der Waals surface area (Å²) in [5.74, 6) is -1.77. The Kier molecular flexibility index (Phi) is 8.08. The highest BCUT2D eigenvalue weighted by Crippen LogP contribution is 2.41. The highest BCUT2D eigenvalue weighted by atomic mass is 35.5. The average molecular weight is 541 g/mol. The van der Waals surface area contributed by atoms with Crippen LogP contribution in [0.3, 0.4) is 0 Å². The number of carbonyl (C=O) groups is 3. The van der Waals surface area contributed by atoms with Gasteiger partial charge in [-0.05, 0) is 42.9 Å². The summed E-state index contributed by atoms with van der Waals surface area (Å²) in [7, 11) is 1.46. The minimum atomic E-state index is -0.879. The highest BCUT2D eigenvalue weighted by molar-refractivity contribution is 6.31. The van der Waals surface area contributed by atoms with Crippen molar-refractivity contribution in [2.75, 3.05) is 33.3 Å². The third kappa shape index (κ3) is 5.25. The monoisotopic (exact) mass is 540 g/mol. The second-order valence-corrected chi connectivity index (χ2v) is 9.26. The first-order valence-corrected chi connectivity index (χ1v) is 12.6. The van der Waals surface area contributed by atoms with Crippen LogP contribution in [0.25, 0.3) is 11.0 Å². The van der Waals surface area contributed by atoms with Gasteiger partial charge in [0.1, 0.15) is 5.75 Å². The number of amides is 1. The Balaban J connectivity index is 1.77. The van der Waals surface area contributed by atoms with Crippen LogP contribution in [0.1, 0.15) is 42.9 Å². The molecule has 1 atom stereocenters. The minimum absolute atomic E-state index is 0.0676. The number of carbonyl (C=O) groups excluding carboxylic acids is 3. The van der Waals surface area contributed by atoms with Crippen molar-refractivity contribution in [3.05, 3.63) is 70.1 Å². The zero-order chi connectivity index (χ0) is 27.6. The Morgan fingerprint density at radius 3 is 2.42 bits per heavy atom. The van der Waals surface area contributed by atoms with Crippen molar-refractivity contribution in [2.45, 2.75) is 26.8 Å². The van der Waals surface area contributed by atoms with Crippen molar-refractivity contribution in [1.29, 1.82) is 0 Å². The Morgan fingerprint density at radius 1 is 1.13 bits per heavy atom. The lowest BCUT2D eigenvalue weighted by Crippen LogP contribution is -2.38. The first kappa shape index (κ1) is 27.2. The molecule has 1 N–H and O–H groups in total. The van der Waals surface area contributed by atoms with E-state index in [1.807, 2.05) is 13.8 Å². The fourth-order valence-electron chi connectivity index (χ4n) is 4.62. The maximum atomic E-state index is 13.8. The number of benzene rings is 2. The highest BCUT2D eigenvalue weighted by Gasteiger charge is 2.44. The molecule has 0 saturated heterocycles. The van der Waals surface area contributed by atoms with Gasteiger partial charge in [-0.3, -0.25) is 14.4 Å². The van der Waals surface area contributed by atoms with Gasteiger partial charge in [-0.25, -0.2) is 0 Å². The molecule has 1 aliphatic heterocycles. The van der Waals surface area contributed by atoms with Crippen LogP contribution in [-0.2, 0) is 9.59 Å². The van der Waals surface area contributed by atoms with Gasteiger partial charge >= 0.3 is 5.97 Å². The van der Waals surface area contributed by atoms with E-state index in [-0.39, 0.29) is 17.9 Å². The molecule has 38 heavy (non-hydrogen) atoms. The second-order valence-electron chi connectivity index (χ2n) is 8.82. The Labute approximate surface area is 225 Å². The molecule has 2 aromatic carbocycles. The van der Waals surface area contributed by atoms with Gasteiger partial charge in [0.2, 0.25) is 5.78 Å². The molecule has 200 valence electrons. The average Bonchev–Trinajstić information content (AvgIpc) is 3.43. The number of ketones is 1. The molecule has 0 aliphatic carbocycles. The Hall–Kier alpha value is -3.82. The van der Waals surface area contributed by atoms with Gasteiger partial charge in [0, 0.05) is 36.5 Å². The van der Waals surface area contributed by atoms with Gasteiger partial charge in [-0.1, -0.05) is 37.6 Å². The van der Waals surface area contributed by atoms with Crippen molar-refractivity contribution in [2.24, 2.45) is 0 Å². The van der Waals surface area contributed by atoms with E-state index in [1.54, 1.807) is 36.4 Å². The molecular formula is C28H29ClN2O7. The summed E-state index contributed by atoms with van der Waals surface area (Å²) in [6.45, 7) is 7.74. The molecule has 0 spiro atoms. The van der Waals surface area contributed by atoms with Crippen LogP contribution in [-0.4, -0.2) is 65.9 Å². The lowest BCUT2D eigenvalue weighted by atomic mass is 9.95. The molecular weight excluding hydrogens is 512 g/mol. The normalized spacial score (nSPS) is 15.6. The summed E-state index contributed by atoms with van der Waals surface area (Å²) in [5, 5.41) is 11.9. The van der Waals surface area contributed by atoms with Crippen molar-refractivity contribution in [3.8, 4) is 11.5 Å². The molecule has 1 amide bonds. The molecule has 4 rings (SSSR count). The van der Waals surface area contributed by atoms with Crippen molar-refractivity contribution < 1.29 is 33.4 Å². The third-order valence-electron chi connectivity index (χ3n) is 6.55. The Bertz CT molecular complexity index is 1410. The molecule has 0 saturated carbocycles. The molecule has 9 nitrogen and oxygen atoms in total. The van der Waals surface area contributed by atoms with E-state index in [2.05, 4.69) is 4.90 Å². The first-order valence-electron chi connectivity index (χ1n) is 12.2. The van der Waals surface area contributed by atoms with Crippen LogP contribution in [0.5, 0.6) is 11.5 Å². The van der Waals surface area contributed by atoms with E-state index in [0.717, 1.165) is 13.1 Å². The molecule has 1 aliphatic rings. The van der Waals surface area contributed by atoms with Gasteiger partial charge in [-0.15, -0.1) is 0 Å². The zero-order valence-electron chi connectivity index (χ0n) is 21.6. The predicted octanol–water partition coefficient (Wildman–Crippen LogP) is 4.94. The number of hydrogen-bond acceptors (Lipinski definition) is 8. The first-order chi connectivity index (χ1) is 18.2. The molecule has 2 heterocycles. The SMILES string of the molecule is CCN(CC)CCN1C(=O)C(O)=C(C(=O)c2cc3cc(Cl)cc(OC)c3o2)C1c1ccc(OC(C)=O)cc1. The molecule has 1 unspecified atom stereocenters. The molecule has 0 bridgehead atoms. The quantitative estimate of drug-likeness (QED) is 0.219. The molecule has 0 fully saturated rings. The van der Waals surface area contributed by atoms with E-state index < -0.39 is 29.5 Å². The number of aliphatic hydroxyl groups is 1. The van der Waals surface area contributed by atoms with Crippen LogP contribution in [0, 0.1) is 0 Å². The number of furan rings is 1. The van der Waals surface area contributed by atoms with Crippen LogP contribution < -0.4 is 9.47 Å². The Morgan fingerprint density at radius 2 is 1.82 bits per heavy atom. The molecule has 0 radical (unpaired) electrons. The number of esters is 1. The second kappa shape index (κ2) is 11.3. The summed E-state index contributed by atoms with van der Waals surface area (Å²) in [4.78, 5) is 42.0. The topological polar surface area (TPSA) is 110 Å². The van der Waals surface area contributed by atoms with Gasteiger partial charge in [0.15, 0.2) is 22.9 Å². The van der Waals surface area contributed by atoms with Gasteiger partial charge < -0.3 is 28.8 Å². The van der Waals surface area contributed by atoms with Gasteiger partial charge in [0.05, 0.1) is 18.7 Å². The number of ether oxygens (including phenoxy) is 2. The van der Waals surface area contributed by atoms with Crippen LogP contribution in [0.4, 0.5) is 0 Å². The summed E-state index contributed by atoms with van der Waals surface area (Å²) in [5.41, 5.74) is 0.794. The maximum Gasteiger partial charge on any atom is 0.308 e. The number of likely N-dealkylation sites (N-methyl/N-ethyl adjacent to an activating group) is 1. The van der Waals surface area contributed by atoms with Crippen LogP contribution in [0.15, 0.2) is 58.2 Å². The lowest BCUT2D eigenvalue weighted by Gasteiger charge is -2.29. The standard InChI is InChI=1S/C28H29ClN2O7/c1-5-30(6-2)11-12-31-24(17-7-9-20(10-8-17)37-16(3)32)23(26(34)28(31)35)25(33)21-14-18-13-19(29)15-22(36-4)27(18)38-21/h7-10,13-15,24,34H,5-6,11-12H2,1-4H3. The van der Waals surface area contributed by atoms with E-state index in [4.69, 9.17) is 25.5 Å². The summed E-state index contributed by atoms with van der Waals surface area (Å²) >= 11 is 6.17. The van der Waals surface area contributed by atoms with Crippen molar-refractivity contribution in [1.82, 2.24) is 9.80 Å². The number of nitrogens with zero attached hydrogens (tertiary/aromatic N) is 2. The third-order valence-corrected chi connectivity index (χ3v) is 6.77. The number of aliphatic hydroxyl groups excluding tert-OH is 1. The number of halogens is 1. The number of methoxy groups -OCH3 is 1. The van der Waals surface area contributed by atoms with E-state index >= 15 is 0 Å². The number of rotatable bonds is 10. The van der Waals surface area contributed by atoms with Gasteiger partial charge in [-0.2, -0.15) is 0 Å². The minimum Gasteiger partial charge on any atom is -0.503 e. The van der Waals surface area contributed by atoms with E-state index in [1.165, 1.54) is 25.0 Å². The van der Waals surface area contributed by atoms with Crippen molar-refractivity contribution in [3.63, 3.8) is 0 Å². The predicted molar refractivity (Wildman–Crippen MR) is 142 cm³/mol. The molecule has 1 aromatic heterocycles. The molecule has 3 aromatic rings. The van der Waals surface area contributed by atoms with Crippen LogP contribution >= 0.6 is 11.6 Å². The van der Waals surface area contributed by atoms with E-state index in [9.17, 15) is 19.5 Å². The molecule has 10 heteroatoms. The number of Topliss-reactive ketones (excluding diaryl/α,β-unsaturated/α-hetero) is 1. The van der Waals surface area contributed by atoms with E-state index in [0.29, 0.717) is 39.6 Å². The maximum absolute atomic E-state index is 13.8. The zero-order valence-corrected chi connectivity index (χ0v) is 22.4. The number of fused-ring (bicyclic) bond motifs is 1. The smallest absolute Gasteiger partial charge is 0.308 e.